The average molecular weight is 446 g/mol. The van der Waals surface area contributed by atoms with Gasteiger partial charge in [-0.15, -0.1) is 0 Å². The van der Waals surface area contributed by atoms with Gasteiger partial charge in [0.15, 0.2) is 5.65 Å². The molecule has 0 radical (unpaired) electrons. The second-order valence-electron chi connectivity index (χ2n) is 8.11. The molecule has 1 N–H and O–H groups in total. The number of benzene rings is 2. The Hall–Kier alpha value is -3.65. The minimum absolute atomic E-state index is 0.190. The van der Waals surface area contributed by atoms with Crippen molar-refractivity contribution in [2.45, 2.75) is 19.9 Å². The summed E-state index contributed by atoms with van der Waals surface area (Å²) in [5.41, 5.74) is 5.31. The van der Waals surface area contributed by atoms with Gasteiger partial charge >= 0.3 is 0 Å². The van der Waals surface area contributed by atoms with Crippen LogP contribution in [0.3, 0.4) is 0 Å². The summed E-state index contributed by atoms with van der Waals surface area (Å²) in [6.07, 6.45) is 2.74. The van der Waals surface area contributed by atoms with Gasteiger partial charge in [-0.2, -0.15) is 4.98 Å². The summed E-state index contributed by atoms with van der Waals surface area (Å²) in [5, 5.41) is 10.1. The molecule has 4 aromatic rings. The van der Waals surface area contributed by atoms with E-state index in [1.54, 1.807) is 25.6 Å². The number of aromatic hydroxyl groups is 1. The maximum absolute atomic E-state index is 10.1. The van der Waals surface area contributed by atoms with Gasteiger partial charge in [-0.05, 0) is 41.8 Å². The van der Waals surface area contributed by atoms with E-state index in [2.05, 4.69) is 28.9 Å². The summed E-state index contributed by atoms with van der Waals surface area (Å²) in [5.74, 6) is 1.68. The fourth-order valence-electron chi connectivity index (χ4n) is 4.15. The first-order valence-electron chi connectivity index (χ1n) is 11.2. The zero-order valence-corrected chi connectivity index (χ0v) is 18.9. The molecular formula is C25H27N5O3. The number of phenolic OH excluding ortho intramolecular Hbond substituents is 1. The fourth-order valence-corrected chi connectivity index (χ4v) is 4.15. The third-order valence-electron chi connectivity index (χ3n) is 5.89. The van der Waals surface area contributed by atoms with E-state index in [4.69, 9.17) is 19.4 Å². The summed E-state index contributed by atoms with van der Waals surface area (Å²) in [4.78, 5) is 16.6. The minimum Gasteiger partial charge on any atom is -0.508 e. The van der Waals surface area contributed by atoms with Gasteiger partial charge in [-0.25, -0.2) is 9.97 Å². The Bertz CT molecular complexity index is 1260. The first kappa shape index (κ1) is 21.2. The van der Waals surface area contributed by atoms with Crippen LogP contribution >= 0.6 is 0 Å². The van der Waals surface area contributed by atoms with Crippen molar-refractivity contribution in [2.24, 2.45) is 0 Å². The van der Waals surface area contributed by atoms with Crippen LogP contribution in [0.1, 0.15) is 18.1 Å². The minimum atomic E-state index is 0.190. The molecule has 170 valence electrons. The molecule has 1 fully saturated rings. The van der Waals surface area contributed by atoms with E-state index in [0.717, 1.165) is 42.0 Å². The maximum atomic E-state index is 10.1. The van der Waals surface area contributed by atoms with Crippen LogP contribution in [0.5, 0.6) is 11.5 Å². The highest BCUT2D eigenvalue weighted by molar-refractivity contribution is 5.88. The smallest absolute Gasteiger partial charge is 0.228 e. The van der Waals surface area contributed by atoms with Crippen molar-refractivity contribution in [3.05, 3.63) is 59.9 Å². The van der Waals surface area contributed by atoms with Crippen molar-refractivity contribution in [1.29, 1.82) is 0 Å². The fraction of sp³-hybridized carbons (Fsp3) is 0.320. The Kier molecular flexibility index (Phi) is 5.83. The summed E-state index contributed by atoms with van der Waals surface area (Å²) < 4.78 is 13.1. The number of hydrogen-bond acceptors (Lipinski definition) is 7. The first-order chi connectivity index (χ1) is 16.1. The molecule has 5 rings (SSSR count). The molecule has 3 heterocycles. The van der Waals surface area contributed by atoms with E-state index in [0.29, 0.717) is 36.9 Å². The van der Waals surface area contributed by atoms with Crippen LogP contribution in [-0.4, -0.2) is 58.0 Å². The van der Waals surface area contributed by atoms with Crippen LogP contribution in [0.4, 0.5) is 5.95 Å². The van der Waals surface area contributed by atoms with Crippen molar-refractivity contribution in [3.8, 4) is 22.8 Å². The molecule has 0 amide bonds. The number of ether oxygens (including phenoxy) is 2. The molecule has 2 aromatic heterocycles. The maximum Gasteiger partial charge on any atom is 0.228 e. The van der Waals surface area contributed by atoms with Crippen molar-refractivity contribution < 1.29 is 14.6 Å². The number of aromatic nitrogens is 4. The molecule has 1 aliphatic heterocycles. The molecule has 2 aromatic carbocycles. The van der Waals surface area contributed by atoms with Gasteiger partial charge in [0.2, 0.25) is 5.95 Å². The van der Waals surface area contributed by atoms with E-state index in [1.807, 2.05) is 22.8 Å². The molecule has 1 aliphatic rings. The van der Waals surface area contributed by atoms with Crippen LogP contribution in [0, 0.1) is 0 Å². The molecule has 33 heavy (non-hydrogen) atoms. The topological polar surface area (TPSA) is 85.5 Å². The van der Waals surface area contributed by atoms with Gasteiger partial charge in [0.05, 0.1) is 33.2 Å². The standard InChI is InChI=1S/C25H27N5O3/c1-3-17-11-18(13-21(12-17)32-2)15-30-16-26-23-22(19-5-4-6-20(31)14-19)27-25(28-24(23)30)29-7-9-33-10-8-29/h4-6,11-14,16,31H,3,7-10,15H2,1-2H3. The lowest BCUT2D eigenvalue weighted by Gasteiger charge is -2.27. The molecule has 0 aliphatic carbocycles. The third kappa shape index (κ3) is 4.34. The van der Waals surface area contributed by atoms with Crippen LogP contribution in [0.15, 0.2) is 48.8 Å². The predicted molar refractivity (Wildman–Crippen MR) is 127 cm³/mol. The second-order valence-corrected chi connectivity index (χ2v) is 8.11. The first-order valence-corrected chi connectivity index (χ1v) is 11.2. The van der Waals surface area contributed by atoms with Gasteiger partial charge in [0.25, 0.3) is 0 Å². The molecule has 0 spiro atoms. The van der Waals surface area contributed by atoms with Gasteiger partial charge in [0, 0.05) is 18.7 Å². The zero-order valence-electron chi connectivity index (χ0n) is 18.9. The summed E-state index contributed by atoms with van der Waals surface area (Å²) in [6, 6.07) is 13.4. The molecule has 8 nitrogen and oxygen atoms in total. The SMILES string of the molecule is CCc1cc(Cn2cnc3c(-c4cccc(O)c4)nc(N4CCOCC4)nc32)cc(OC)c1. The van der Waals surface area contributed by atoms with Crippen LogP contribution < -0.4 is 9.64 Å². The third-order valence-corrected chi connectivity index (χ3v) is 5.89. The predicted octanol–water partition coefficient (Wildman–Crippen LogP) is 3.65. The monoisotopic (exact) mass is 445 g/mol. The number of nitrogens with zero attached hydrogens (tertiary/aromatic N) is 5. The van der Waals surface area contributed by atoms with Gasteiger partial charge in [-0.3, -0.25) is 0 Å². The Balaban J connectivity index is 1.63. The Morgan fingerprint density at radius 2 is 1.88 bits per heavy atom. The lowest BCUT2D eigenvalue weighted by molar-refractivity contribution is 0.122. The molecule has 0 atom stereocenters. The van der Waals surface area contributed by atoms with E-state index in [1.165, 1.54) is 5.56 Å². The van der Waals surface area contributed by atoms with Crippen molar-refractivity contribution in [3.63, 3.8) is 0 Å². The van der Waals surface area contributed by atoms with Gasteiger partial charge < -0.3 is 24.0 Å². The van der Waals surface area contributed by atoms with E-state index in [9.17, 15) is 5.11 Å². The second kappa shape index (κ2) is 9.07. The summed E-state index contributed by atoms with van der Waals surface area (Å²) in [6.45, 7) is 5.50. The quantitative estimate of drug-likeness (QED) is 0.485. The highest BCUT2D eigenvalue weighted by Crippen LogP contribution is 2.30. The van der Waals surface area contributed by atoms with Gasteiger partial charge in [0.1, 0.15) is 22.7 Å². The highest BCUT2D eigenvalue weighted by atomic mass is 16.5. The zero-order chi connectivity index (χ0) is 22.8. The summed E-state index contributed by atoms with van der Waals surface area (Å²) in [7, 11) is 1.69. The number of morpholine rings is 1. The number of hydrogen-bond donors (Lipinski definition) is 1. The van der Waals surface area contributed by atoms with E-state index in [-0.39, 0.29) is 5.75 Å². The largest absolute Gasteiger partial charge is 0.508 e. The average Bonchev–Trinajstić information content (AvgIpc) is 3.26. The number of fused-ring (bicyclic) bond motifs is 1. The number of aryl methyl sites for hydroxylation is 1. The molecule has 0 unspecified atom stereocenters. The van der Waals surface area contributed by atoms with Crippen LogP contribution in [0.25, 0.3) is 22.4 Å². The number of rotatable bonds is 6. The molecule has 0 bridgehead atoms. The number of methoxy groups -OCH3 is 1. The normalized spacial score (nSPS) is 14.1. The lowest BCUT2D eigenvalue weighted by Crippen LogP contribution is -2.37. The van der Waals surface area contributed by atoms with Crippen molar-refractivity contribution in [1.82, 2.24) is 19.5 Å². The lowest BCUT2D eigenvalue weighted by atomic mass is 10.1. The summed E-state index contributed by atoms with van der Waals surface area (Å²) >= 11 is 0. The number of imidazole rings is 1. The van der Waals surface area contributed by atoms with E-state index >= 15 is 0 Å². The van der Waals surface area contributed by atoms with Gasteiger partial charge in [-0.1, -0.05) is 25.1 Å². The highest BCUT2D eigenvalue weighted by Gasteiger charge is 2.20. The van der Waals surface area contributed by atoms with Crippen LogP contribution in [-0.2, 0) is 17.7 Å². The molecular weight excluding hydrogens is 418 g/mol. The van der Waals surface area contributed by atoms with E-state index < -0.39 is 0 Å². The Labute approximate surface area is 192 Å². The number of anilines is 1. The Morgan fingerprint density at radius 3 is 2.64 bits per heavy atom. The van der Waals surface area contributed by atoms with Crippen LogP contribution in [0.2, 0.25) is 0 Å². The molecule has 1 saturated heterocycles. The molecule has 0 saturated carbocycles. The molecule has 8 heteroatoms. The Morgan fingerprint density at radius 1 is 1.06 bits per heavy atom. The van der Waals surface area contributed by atoms with Crippen molar-refractivity contribution in [2.75, 3.05) is 38.3 Å². The number of phenols is 1. The van der Waals surface area contributed by atoms with Crippen molar-refractivity contribution >= 4 is 17.1 Å².